The molecule has 0 amide bonds. The second-order valence-electron chi connectivity index (χ2n) is 6.97. The first-order valence-corrected chi connectivity index (χ1v) is 10.3. The van der Waals surface area contributed by atoms with E-state index in [0.29, 0.717) is 17.1 Å². The van der Waals surface area contributed by atoms with Gasteiger partial charge in [0, 0.05) is 23.5 Å². The zero-order chi connectivity index (χ0) is 22.9. The molecule has 0 aliphatic carbocycles. The molecule has 0 fully saturated rings. The van der Waals surface area contributed by atoms with E-state index in [1.54, 1.807) is 42.7 Å². The van der Waals surface area contributed by atoms with Gasteiger partial charge >= 0.3 is 5.97 Å². The van der Waals surface area contributed by atoms with Gasteiger partial charge in [0.25, 0.3) is 0 Å². The van der Waals surface area contributed by atoms with Crippen LogP contribution in [0, 0.1) is 0 Å². The first kappa shape index (κ1) is 21.6. The lowest BCUT2D eigenvalue weighted by Gasteiger charge is -2.09. The minimum atomic E-state index is -0.511. The molecule has 0 atom stereocenters. The summed E-state index contributed by atoms with van der Waals surface area (Å²) in [6, 6.07) is 28.3. The highest BCUT2D eigenvalue weighted by molar-refractivity contribution is 6.13. The molecule has 33 heavy (non-hydrogen) atoms. The summed E-state index contributed by atoms with van der Waals surface area (Å²) in [5.74, 6) is 0.204. The normalized spacial score (nSPS) is 10.6. The van der Waals surface area contributed by atoms with E-state index in [9.17, 15) is 4.79 Å². The molecule has 0 bridgehead atoms. The standard InChI is InChI=1S/C27H21N3O3/c1-32-25-17-20(14-15-24(25)33-27(31)23-13-8-16-28-19-23)18-29-30-26(21-9-4-2-5-10-21)22-11-6-3-7-12-22/h2-19H,1H3/b29-18+. The van der Waals surface area contributed by atoms with Crippen LogP contribution in [0.2, 0.25) is 0 Å². The van der Waals surface area contributed by atoms with E-state index < -0.39 is 5.97 Å². The van der Waals surface area contributed by atoms with Gasteiger partial charge in [0.1, 0.15) is 5.71 Å². The van der Waals surface area contributed by atoms with Crippen LogP contribution in [0.15, 0.2) is 114 Å². The van der Waals surface area contributed by atoms with Crippen molar-refractivity contribution in [2.45, 2.75) is 0 Å². The van der Waals surface area contributed by atoms with Crippen LogP contribution in [0.3, 0.4) is 0 Å². The number of pyridine rings is 1. The van der Waals surface area contributed by atoms with Crippen LogP contribution in [0.4, 0.5) is 0 Å². The van der Waals surface area contributed by atoms with Crippen LogP contribution in [0.25, 0.3) is 0 Å². The smallest absolute Gasteiger partial charge is 0.345 e. The van der Waals surface area contributed by atoms with Gasteiger partial charge in [-0.25, -0.2) is 4.79 Å². The molecule has 6 nitrogen and oxygen atoms in total. The number of aromatic nitrogens is 1. The quantitative estimate of drug-likeness (QED) is 0.174. The Labute approximate surface area is 191 Å². The lowest BCUT2D eigenvalue weighted by molar-refractivity contribution is 0.0729. The minimum Gasteiger partial charge on any atom is -0.493 e. The molecular weight excluding hydrogens is 414 g/mol. The molecule has 1 aromatic heterocycles. The summed E-state index contributed by atoms with van der Waals surface area (Å²) in [4.78, 5) is 16.3. The summed E-state index contributed by atoms with van der Waals surface area (Å²) in [6.45, 7) is 0. The number of methoxy groups -OCH3 is 1. The number of esters is 1. The Morgan fingerprint density at radius 3 is 2.09 bits per heavy atom. The fraction of sp³-hybridized carbons (Fsp3) is 0.0370. The molecule has 0 spiro atoms. The van der Waals surface area contributed by atoms with E-state index in [0.717, 1.165) is 22.4 Å². The lowest BCUT2D eigenvalue weighted by Crippen LogP contribution is -2.09. The van der Waals surface area contributed by atoms with Crippen LogP contribution < -0.4 is 9.47 Å². The van der Waals surface area contributed by atoms with Gasteiger partial charge in [0.2, 0.25) is 0 Å². The molecule has 0 saturated carbocycles. The van der Waals surface area contributed by atoms with Crippen molar-refractivity contribution in [2.75, 3.05) is 7.11 Å². The highest BCUT2D eigenvalue weighted by Gasteiger charge is 2.13. The highest BCUT2D eigenvalue weighted by Crippen LogP contribution is 2.28. The monoisotopic (exact) mass is 435 g/mol. The molecule has 162 valence electrons. The van der Waals surface area contributed by atoms with Crippen molar-refractivity contribution in [3.8, 4) is 11.5 Å². The minimum absolute atomic E-state index is 0.307. The van der Waals surface area contributed by atoms with Gasteiger partial charge in [-0.15, -0.1) is 5.10 Å². The summed E-state index contributed by atoms with van der Waals surface area (Å²) >= 11 is 0. The molecule has 1 heterocycles. The molecular formula is C27H21N3O3. The van der Waals surface area contributed by atoms with E-state index in [1.165, 1.54) is 13.3 Å². The van der Waals surface area contributed by atoms with E-state index in [2.05, 4.69) is 15.2 Å². The zero-order valence-electron chi connectivity index (χ0n) is 18.0. The number of hydrogen-bond acceptors (Lipinski definition) is 6. The van der Waals surface area contributed by atoms with Gasteiger partial charge in [-0.2, -0.15) is 5.10 Å². The van der Waals surface area contributed by atoms with Crippen molar-refractivity contribution in [1.82, 2.24) is 4.98 Å². The van der Waals surface area contributed by atoms with Crippen LogP contribution in [0.1, 0.15) is 27.0 Å². The zero-order valence-corrected chi connectivity index (χ0v) is 18.0. The molecule has 0 N–H and O–H groups in total. The first-order chi connectivity index (χ1) is 16.2. The number of carbonyl (C=O) groups is 1. The van der Waals surface area contributed by atoms with Crippen molar-refractivity contribution in [1.29, 1.82) is 0 Å². The average molecular weight is 435 g/mol. The molecule has 0 saturated heterocycles. The van der Waals surface area contributed by atoms with Crippen LogP contribution in [0.5, 0.6) is 11.5 Å². The number of nitrogens with zero attached hydrogens (tertiary/aromatic N) is 3. The maximum absolute atomic E-state index is 12.3. The highest BCUT2D eigenvalue weighted by atomic mass is 16.6. The molecule has 4 aromatic rings. The fourth-order valence-electron chi connectivity index (χ4n) is 3.12. The van der Waals surface area contributed by atoms with E-state index in [4.69, 9.17) is 9.47 Å². The Morgan fingerprint density at radius 1 is 0.818 bits per heavy atom. The van der Waals surface area contributed by atoms with Gasteiger partial charge in [-0.1, -0.05) is 60.7 Å². The van der Waals surface area contributed by atoms with Crippen molar-refractivity contribution in [2.24, 2.45) is 10.2 Å². The number of carbonyl (C=O) groups excluding carboxylic acids is 1. The van der Waals surface area contributed by atoms with Crippen LogP contribution >= 0.6 is 0 Å². The molecule has 6 heteroatoms. The Kier molecular flexibility index (Phi) is 6.98. The van der Waals surface area contributed by atoms with Crippen LogP contribution in [-0.4, -0.2) is 30.0 Å². The Bertz CT molecular complexity index is 1230. The summed E-state index contributed by atoms with van der Waals surface area (Å²) in [5, 5.41) is 8.78. The maximum Gasteiger partial charge on any atom is 0.345 e. The summed E-state index contributed by atoms with van der Waals surface area (Å²) in [6.07, 6.45) is 4.67. The summed E-state index contributed by atoms with van der Waals surface area (Å²) in [5.41, 5.74) is 3.81. The third-order valence-electron chi connectivity index (χ3n) is 4.75. The largest absolute Gasteiger partial charge is 0.493 e. The number of ether oxygens (including phenoxy) is 2. The van der Waals surface area contributed by atoms with Gasteiger partial charge < -0.3 is 9.47 Å². The van der Waals surface area contributed by atoms with Crippen LogP contribution in [-0.2, 0) is 0 Å². The maximum atomic E-state index is 12.3. The van der Waals surface area contributed by atoms with Crippen molar-refractivity contribution in [3.05, 3.63) is 126 Å². The predicted molar refractivity (Wildman–Crippen MR) is 128 cm³/mol. The van der Waals surface area contributed by atoms with Gasteiger partial charge in [-0.3, -0.25) is 4.98 Å². The second kappa shape index (κ2) is 10.6. The molecule has 0 aliphatic rings. The van der Waals surface area contributed by atoms with Gasteiger partial charge in [0.05, 0.1) is 18.9 Å². The summed E-state index contributed by atoms with van der Waals surface area (Å²) < 4.78 is 10.9. The number of benzene rings is 3. The number of hydrogen-bond donors (Lipinski definition) is 0. The topological polar surface area (TPSA) is 73.1 Å². The third-order valence-corrected chi connectivity index (χ3v) is 4.75. The third kappa shape index (κ3) is 5.57. The average Bonchev–Trinajstić information content (AvgIpc) is 2.89. The fourth-order valence-corrected chi connectivity index (χ4v) is 3.12. The van der Waals surface area contributed by atoms with Crippen molar-refractivity contribution in [3.63, 3.8) is 0 Å². The van der Waals surface area contributed by atoms with E-state index in [1.807, 2.05) is 60.7 Å². The van der Waals surface area contributed by atoms with E-state index in [-0.39, 0.29) is 0 Å². The van der Waals surface area contributed by atoms with Crippen molar-refractivity contribution < 1.29 is 14.3 Å². The number of rotatable bonds is 7. The Balaban J connectivity index is 1.57. The summed E-state index contributed by atoms with van der Waals surface area (Å²) in [7, 11) is 1.51. The Morgan fingerprint density at radius 2 is 1.48 bits per heavy atom. The van der Waals surface area contributed by atoms with Gasteiger partial charge in [0.15, 0.2) is 11.5 Å². The molecule has 3 aromatic carbocycles. The molecule has 0 aliphatic heterocycles. The molecule has 0 radical (unpaired) electrons. The first-order valence-electron chi connectivity index (χ1n) is 10.3. The molecule has 4 rings (SSSR count). The molecule has 0 unspecified atom stereocenters. The second-order valence-corrected chi connectivity index (χ2v) is 6.97. The Hall–Kier alpha value is -4.58. The van der Waals surface area contributed by atoms with Gasteiger partial charge in [-0.05, 0) is 35.9 Å². The lowest BCUT2D eigenvalue weighted by atomic mass is 10.0. The predicted octanol–water partition coefficient (Wildman–Crippen LogP) is 5.18. The SMILES string of the molecule is COc1cc(/C=N/N=C(c2ccccc2)c2ccccc2)ccc1OC(=O)c1cccnc1. The van der Waals surface area contributed by atoms with Crippen molar-refractivity contribution >= 4 is 17.9 Å². The van der Waals surface area contributed by atoms with E-state index >= 15 is 0 Å².